The number of aryl methyl sites for hydroxylation is 1. The lowest BCUT2D eigenvalue weighted by Crippen LogP contribution is -2.21. The van der Waals surface area contributed by atoms with E-state index in [1.807, 2.05) is 59.6 Å². The molecule has 0 bridgehead atoms. The Hall–Kier alpha value is -4.61. The van der Waals surface area contributed by atoms with Crippen molar-refractivity contribution in [2.45, 2.75) is 37.8 Å². The van der Waals surface area contributed by atoms with Gasteiger partial charge in [0.2, 0.25) is 21.8 Å². The average molecular weight is 615 g/mol. The van der Waals surface area contributed by atoms with E-state index in [4.69, 9.17) is 14.2 Å². The van der Waals surface area contributed by atoms with Crippen molar-refractivity contribution in [3.05, 3.63) is 119 Å². The number of hydrogen-bond acceptors (Lipinski definition) is 9. The van der Waals surface area contributed by atoms with Crippen LogP contribution in [0.1, 0.15) is 40.6 Å². The smallest absolute Gasteiger partial charge is 0.247 e. The van der Waals surface area contributed by atoms with Crippen LogP contribution in [0.25, 0.3) is 5.57 Å². The van der Waals surface area contributed by atoms with E-state index in [1.54, 1.807) is 37.4 Å². The molecule has 2 aliphatic heterocycles. The quantitative estimate of drug-likeness (QED) is 0.200. The van der Waals surface area contributed by atoms with Crippen LogP contribution in [0.4, 0.5) is 4.39 Å². The summed E-state index contributed by atoms with van der Waals surface area (Å²) < 4.78 is 58.3. The predicted octanol–water partition coefficient (Wildman–Crippen LogP) is 5.66. The summed E-state index contributed by atoms with van der Waals surface area (Å²) in [6, 6.07) is 23.2. The molecular weight excluding hydrogens is 583 g/mol. The molecule has 1 unspecified atom stereocenters. The molecule has 4 aromatic rings. The van der Waals surface area contributed by atoms with Crippen molar-refractivity contribution in [3.8, 4) is 11.5 Å². The van der Waals surface area contributed by atoms with Crippen LogP contribution in [-0.4, -0.2) is 48.7 Å². The Bertz CT molecular complexity index is 1810. The number of aromatic nitrogens is 2. The molecule has 0 amide bonds. The molecule has 0 N–H and O–H groups in total. The molecule has 0 saturated heterocycles. The molecular formula is C33H31FN4O5S. The first-order valence-corrected chi connectivity index (χ1v) is 15.8. The zero-order chi connectivity index (χ0) is 30.5. The highest BCUT2D eigenvalue weighted by molar-refractivity contribution is 7.91. The van der Waals surface area contributed by atoms with Crippen molar-refractivity contribution in [3.63, 3.8) is 0 Å². The Labute approximate surface area is 255 Å². The van der Waals surface area contributed by atoms with E-state index >= 15 is 0 Å². The molecule has 3 heterocycles. The van der Waals surface area contributed by atoms with Crippen molar-refractivity contribution < 1.29 is 27.0 Å². The SMILES string of the molecule is Cc1cc(C2=CN(Cc3ccc4c(c3)OCO4)CN=C2)nc(S(=O)(=O)CCC(OCc2ccccc2F)c2ccccc2)n1. The molecule has 0 aliphatic carbocycles. The number of aliphatic imine (C=N–C) groups is 1. The van der Waals surface area contributed by atoms with E-state index in [9.17, 15) is 12.8 Å². The summed E-state index contributed by atoms with van der Waals surface area (Å²) >= 11 is 0. The minimum atomic E-state index is -3.89. The summed E-state index contributed by atoms with van der Waals surface area (Å²) in [5, 5.41) is -0.254. The first-order chi connectivity index (χ1) is 21.3. The minimum absolute atomic E-state index is 0.00756. The number of rotatable bonds is 11. The van der Waals surface area contributed by atoms with Gasteiger partial charge in [-0.3, -0.25) is 4.99 Å². The fraction of sp³-hybridized carbons (Fsp3) is 0.242. The largest absolute Gasteiger partial charge is 0.454 e. The Morgan fingerprint density at radius 3 is 2.61 bits per heavy atom. The maximum Gasteiger partial charge on any atom is 0.247 e. The van der Waals surface area contributed by atoms with Crippen LogP contribution in [0.5, 0.6) is 11.5 Å². The molecule has 0 radical (unpaired) electrons. The van der Waals surface area contributed by atoms with Gasteiger partial charge in [0.05, 0.1) is 24.2 Å². The van der Waals surface area contributed by atoms with Gasteiger partial charge >= 0.3 is 0 Å². The van der Waals surface area contributed by atoms with Gasteiger partial charge in [0.1, 0.15) is 12.5 Å². The molecule has 11 heteroatoms. The number of ether oxygens (including phenoxy) is 3. The van der Waals surface area contributed by atoms with E-state index < -0.39 is 15.9 Å². The monoisotopic (exact) mass is 614 g/mol. The maximum atomic E-state index is 14.2. The third-order valence-electron chi connectivity index (χ3n) is 7.26. The first kappa shape index (κ1) is 29.5. The molecule has 3 aromatic carbocycles. The van der Waals surface area contributed by atoms with Gasteiger partial charge in [-0.15, -0.1) is 0 Å². The van der Waals surface area contributed by atoms with E-state index in [-0.39, 0.29) is 36.5 Å². The highest BCUT2D eigenvalue weighted by atomic mass is 32.2. The molecule has 1 aromatic heterocycles. The maximum absolute atomic E-state index is 14.2. The number of nitrogens with zero attached hydrogens (tertiary/aromatic N) is 4. The molecule has 6 rings (SSSR count). The molecule has 226 valence electrons. The van der Waals surface area contributed by atoms with E-state index in [1.165, 1.54) is 6.07 Å². The van der Waals surface area contributed by atoms with Crippen LogP contribution >= 0.6 is 0 Å². The van der Waals surface area contributed by atoms with Gasteiger partial charge < -0.3 is 19.1 Å². The van der Waals surface area contributed by atoms with Gasteiger partial charge in [0.25, 0.3) is 0 Å². The highest BCUT2D eigenvalue weighted by Gasteiger charge is 2.24. The molecule has 0 fully saturated rings. The van der Waals surface area contributed by atoms with Gasteiger partial charge in [-0.25, -0.2) is 22.8 Å². The number of hydrogen-bond donors (Lipinski definition) is 0. The lowest BCUT2D eigenvalue weighted by atomic mass is 10.1. The van der Waals surface area contributed by atoms with Crippen LogP contribution < -0.4 is 9.47 Å². The Morgan fingerprint density at radius 2 is 1.77 bits per heavy atom. The third-order valence-corrected chi connectivity index (χ3v) is 8.78. The van der Waals surface area contributed by atoms with Gasteiger partial charge in [0.15, 0.2) is 11.5 Å². The van der Waals surface area contributed by atoms with Crippen molar-refractivity contribution >= 4 is 21.6 Å². The summed E-state index contributed by atoms with van der Waals surface area (Å²) in [4.78, 5) is 15.2. The third kappa shape index (κ3) is 6.95. The lowest BCUT2D eigenvalue weighted by molar-refractivity contribution is 0.0361. The van der Waals surface area contributed by atoms with E-state index in [0.717, 1.165) is 16.9 Å². The molecule has 0 spiro atoms. The van der Waals surface area contributed by atoms with Gasteiger partial charge in [0, 0.05) is 35.8 Å². The second-order valence-corrected chi connectivity index (χ2v) is 12.6. The van der Waals surface area contributed by atoms with E-state index in [0.29, 0.717) is 41.5 Å². The van der Waals surface area contributed by atoms with Crippen LogP contribution in [0.3, 0.4) is 0 Å². The summed E-state index contributed by atoms with van der Waals surface area (Å²) in [6.07, 6.45) is 3.17. The second-order valence-electron chi connectivity index (χ2n) is 10.6. The Balaban J connectivity index is 1.18. The number of benzene rings is 3. The first-order valence-electron chi connectivity index (χ1n) is 14.2. The summed E-state index contributed by atoms with van der Waals surface area (Å²) in [6.45, 7) is 2.97. The van der Waals surface area contributed by atoms with Crippen molar-refractivity contribution in [2.24, 2.45) is 4.99 Å². The molecule has 0 saturated carbocycles. The van der Waals surface area contributed by atoms with Crippen LogP contribution in [-0.2, 0) is 27.7 Å². The number of halogens is 1. The van der Waals surface area contributed by atoms with Crippen LogP contribution in [0.15, 0.2) is 95.2 Å². The molecule has 9 nitrogen and oxygen atoms in total. The standard InChI is InChI=1S/C33H31FN4O5S/c1-23-15-29(27-17-35-21-38(19-27)18-24-11-12-31-32(16-24)43-22-42-31)37-33(36-23)44(39,40)14-13-30(25-7-3-2-4-8-25)41-20-26-9-5-6-10-28(26)34/h2-12,15-17,19,30H,13-14,18,20-22H2,1H3. The second kappa shape index (κ2) is 12.9. The molecule has 2 aliphatic rings. The van der Waals surface area contributed by atoms with Crippen molar-refractivity contribution in [1.29, 1.82) is 0 Å². The summed E-state index contributed by atoms with van der Waals surface area (Å²) in [5.41, 5.74) is 3.88. The fourth-order valence-electron chi connectivity index (χ4n) is 5.02. The zero-order valence-electron chi connectivity index (χ0n) is 24.1. The highest BCUT2D eigenvalue weighted by Crippen LogP contribution is 2.33. The Kier molecular flexibility index (Phi) is 8.67. The predicted molar refractivity (Wildman–Crippen MR) is 163 cm³/mol. The summed E-state index contributed by atoms with van der Waals surface area (Å²) in [5.74, 6) is 0.803. The van der Waals surface area contributed by atoms with Crippen LogP contribution in [0, 0.1) is 12.7 Å². The van der Waals surface area contributed by atoms with E-state index in [2.05, 4.69) is 15.0 Å². The average Bonchev–Trinajstić information content (AvgIpc) is 3.50. The topological polar surface area (TPSA) is 103 Å². The summed E-state index contributed by atoms with van der Waals surface area (Å²) in [7, 11) is -3.89. The normalized spacial score (nSPS) is 14.9. The van der Waals surface area contributed by atoms with Gasteiger partial charge in [-0.05, 0) is 48.7 Å². The Morgan fingerprint density at radius 1 is 0.977 bits per heavy atom. The number of sulfone groups is 1. The lowest BCUT2D eigenvalue weighted by Gasteiger charge is -2.23. The number of fused-ring (bicyclic) bond motifs is 1. The zero-order valence-corrected chi connectivity index (χ0v) is 24.9. The minimum Gasteiger partial charge on any atom is -0.454 e. The van der Waals surface area contributed by atoms with Gasteiger partial charge in [-0.2, -0.15) is 0 Å². The number of allylic oxidation sites excluding steroid dienone is 1. The molecule has 44 heavy (non-hydrogen) atoms. The van der Waals surface area contributed by atoms with Crippen LogP contribution in [0.2, 0.25) is 0 Å². The van der Waals surface area contributed by atoms with Gasteiger partial charge in [-0.1, -0.05) is 54.6 Å². The van der Waals surface area contributed by atoms with Crippen molar-refractivity contribution in [1.82, 2.24) is 14.9 Å². The molecule has 1 atom stereocenters. The fourth-order valence-corrected chi connectivity index (χ4v) is 6.25. The van der Waals surface area contributed by atoms with Crippen molar-refractivity contribution in [2.75, 3.05) is 19.2 Å².